The zero-order chi connectivity index (χ0) is 21.6. The van der Waals surface area contributed by atoms with Crippen LogP contribution >= 0.6 is 11.3 Å². The molecule has 0 spiro atoms. The number of hydrogen-bond acceptors (Lipinski definition) is 7. The number of esters is 1. The van der Waals surface area contributed by atoms with Crippen molar-refractivity contribution in [2.75, 3.05) is 18.5 Å². The maximum Gasteiger partial charge on any atom is 0.350 e. The second-order valence-electron chi connectivity index (χ2n) is 6.12. The molecule has 0 saturated carbocycles. The zero-order valence-corrected chi connectivity index (χ0v) is 17.8. The van der Waals surface area contributed by atoms with Crippen molar-refractivity contribution in [1.82, 2.24) is 9.71 Å². The van der Waals surface area contributed by atoms with Gasteiger partial charge in [0.2, 0.25) is 10.0 Å². The van der Waals surface area contributed by atoms with Crippen LogP contribution in [0.1, 0.15) is 52.4 Å². The molecule has 1 amide bonds. The first-order chi connectivity index (χ1) is 13.7. The van der Waals surface area contributed by atoms with Crippen LogP contribution in [0.4, 0.5) is 5.13 Å². The highest BCUT2D eigenvalue weighted by molar-refractivity contribution is 7.89. The molecule has 0 aliphatic rings. The number of anilines is 1. The van der Waals surface area contributed by atoms with Gasteiger partial charge in [-0.2, -0.15) is 4.72 Å². The Morgan fingerprint density at radius 2 is 1.93 bits per heavy atom. The summed E-state index contributed by atoms with van der Waals surface area (Å²) in [4.78, 5) is 29.3. The van der Waals surface area contributed by atoms with Gasteiger partial charge in [0.25, 0.3) is 5.91 Å². The Kier molecular flexibility index (Phi) is 7.50. The lowest BCUT2D eigenvalue weighted by atomic mass is 10.1. The quantitative estimate of drug-likeness (QED) is 0.487. The Morgan fingerprint density at radius 1 is 1.28 bits per heavy atom. The minimum Gasteiger partial charge on any atom is -0.462 e. The van der Waals surface area contributed by atoms with Crippen LogP contribution in [0.5, 0.6) is 0 Å². The highest BCUT2D eigenvalue weighted by Gasteiger charge is 2.22. The van der Waals surface area contributed by atoms with Crippen molar-refractivity contribution < 1.29 is 22.7 Å². The number of nitrogens with zero attached hydrogens (tertiary/aromatic N) is 1. The summed E-state index contributed by atoms with van der Waals surface area (Å²) in [6.07, 6.45) is 5.05. The number of aromatic nitrogens is 1. The van der Waals surface area contributed by atoms with Crippen LogP contribution in [-0.4, -0.2) is 38.4 Å². The van der Waals surface area contributed by atoms with Crippen molar-refractivity contribution in [2.45, 2.75) is 31.6 Å². The number of thiazole rings is 1. The second-order valence-corrected chi connectivity index (χ2v) is 8.88. The highest BCUT2D eigenvalue weighted by Crippen LogP contribution is 2.29. The van der Waals surface area contributed by atoms with E-state index < -0.39 is 21.9 Å². The van der Waals surface area contributed by atoms with E-state index in [1.165, 1.54) is 24.3 Å². The van der Waals surface area contributed by atoms with Crippen molar-refractivity contribution >= 4 is 38.4 Å². The minimum atomic E-state index is -3.74. The van der Waals surface area contributed by atoms with Crippen molar-refractivity contribution in [3.63, 3.8) is 0 Å². The molecule has 0 radical (unpaired) electrons. The van der Waals surface area contributed by atoms with Gasteiger partial charge in [0.1, 0.15) is 4.88 Å². The third kappa shape index (κ3) is 5.63. The molecule has 0 atom stereocenters. The SMILES string of the molecule is C#CCNS(=O)(=O)c1ccc(C(=O)Nc2nc(C(C)C)c(C(=O)OCC)s2)cc1. The van der Waals surface area contributed by atoms with Crippen LogP contribution in [0.3, 0.4) is 0 Å². The van der Waals surface area contributed by atoms with E-state index >= 15 is 0 Å². The summed E-state index contributed by atoms with van der Waals surface area (Å²) >= 11 is 1.03. The first-order valence-corrected chi connectivity index (χ1v) is 11.0. The van der Waals surface area contributed by atoms with Gasteiger partial charge in [-0.15, -0.1) is 6.42 Å². The number of terminal acetylenes is 1. The van der Waals surface area contributed by atoms with Crippen LogP contribution < -0.4 is 10.0 Å². The van der Waals surface area contributed by atoms with E-state index in [1.54, 1.807) is 6.92 Å². The van der Waals surface area contributed by atoms with Gasteiger partial charge in [-0.05, 0) is 37.1 Å². The molecule has 0 aliphatic carbocycles. The predicted molar refractivity (Wildman–Crippen MR) is 111 cm³/mol. The third-order valence-electron chi connectivity index (χ3n) is 3.67. The minimum absolute atomic E-state index is 0.00904. The maximum atomic E-state index is 12.5. The van der Waals surface area contributed by atoms with Crippen LogP contribution in [0, 0.1) is 12.3 Å². The van der Waals surface area contributed by atoms with Gasteiger partial charge >= 0.3 is 5.97 Å². The largest absolute Gasteiger partial charge is 0.462 e. The summed E-state index contributed by atoms with van der Waals surface area (Å²) in [5, 5.41) is 2.89. The molecule has 1 aromatic heterocycles. The first-order valence-electron chi connectivity index (χ1n) is 8.72. The molecular formula is C19H21N3O5S2. The number of carbonyl (C=O) groups excluding carboxylic acids is 2. The molecule has 10 heteroatoms. The van der Waals surface area contributed by atoms with E-state index in [2.05, 4.69) is 20.9 Å². The van der Waals surface area contributed by atoms with E-state index in [4.69, 9.17) is 11.2 Å². The molecular weight excluding hydrogens is 414 g/mol. The number of rotatable bonds is 8. The number of nitrogens with one attached hydrogen (secondary N) is 2. The van der Waals surface area contributed by atoms with Gasteiger partial charge in [0, 0.05) is 5.56 Å². The molecule has 2 aromatic rings. The van der Waals surface area contributed by atoms with E-state index in [0.717, 1.165) is 11.3 Å². The molecule has 8 nitrogen and oxygen atoms in total. The van der Waals surface area contributed by atoms with E-state index in [0.29, 0.717) is 10.6 Å². The summed E-state index contributed by atoms with van der Waals surface area (Å²) in [6.45, 7) is 5.59. The highest BCUT2D eigenvalue weighted by atomic mass is 32.2. The molecule has 154 valence electrons. The van der Waals surface area contributed by atoms with Crippen LogP contribution in [0.25, 0.3) is 0 Å². The molecule has 0 bridgehead atoms. The monoisotopic (exact) mass is 435 g/mol. The van der Waals surface area contributed by atoms with Gasteiger partial charge in [-0.1, -0.05) is 31.1 Å². The molecule has 1 heterocycles. The maximum absolute atomic E-state index is 12.5. The Balaban J connectivity index is 2.19. The molecule has 0 fully saturated rings. The van der Waals surface area contributed by atoms with Crippen LogP contribution in [0.15, 0.2) is 29.2 Å². The van der Waals surface area contributed by atoms with Crippen molar-refractivity contribution in [2.24, 2.45) is 0 Å². The summed E-state index contributed by atoms with van der Waals surface area (Å²) in [5.74, 6) is 1.19. The summed E-state index contributed by atoms with van der Waals surface area (Å²) < 4.78 is 31.3. The Morgan fingerprint density at radius 3 is 2.48 bits per heavy atom. The number of amides is 1. The standard InChI is InChI=1S/C19H21N3O5S2/c1-5-11-20-29(25,26)14-9-7-13(8-10-14)17(23)22-19-21-15(12(3)4)16(28-19)18(24)27-6-2/h1,7-10,12,20H,6,11H2,2-4H3,(H,21,22,23). The molecule has 0 aliphatic heterocycles. The molecule has 1 aromatic carbocycles. The van der Waals surface area contributed by atoms with Gasteiger partial charge in [-0.25, -0.2) is 18.2 Å². The lowest BCUT2D eigenvalue weighted by Crippen LogP contribution is -2.24. The van der Waals surface area contributed by atoms with Gasteiger partial charge < -0.3 is 4.74 Å². The van der Waals surface area contributed by atoms with E-state index in [9.17, 15) is 18.0 Å². The topological polar surface area (TPSA) is 114 Å². The fourth-order valence-electron chi connectivity index (χ4n) is 2.29. The first kappa shape index (κ1) is 22.5. The van der Waals surface area contributed by atoms with Gasteiger partial charge in [0.15, 0.2) is 5.13 Å². The number of hydrogen-bond donors (Lipinski definition) is 2. The Labute approximate surface area is 173 Å². The number of sulfonamides is 1. The summed E-state index contributed by atoms with van der Waals surface area (Å²) in [7, 11) is -3.74. The summed E-state index contributed by atoms with van der Waals surface area (Å²) in [5.41, 5.74) is 0.782. The van der Waals surface area contributed by atoms with Gasteiger partial charge in [0.05, 0.1) is 23.7 Å². The number of benzene rings is 1. The average Bonchev–Trinajstić information content (AvgIpc) is 3.11. The zero-order valence-electron chi connectivity index (χ0n) is 16.2. The second kappa shape index (κ2) is 9.65. The summed E-state index contributed by atoms with van der Waals surface area (Å²) in [6, 6.07) is 5.37. The predicted octanol–water partition coefficient (Wildman–Crippen LogP) is 2.61. The number of carbonyl (C=O) groups is 2. The van der Waals surface area contributed by atoms with Crippen molar-refractivity contribution in [3.05, 3.63) is 40.4 Å². The van der Waals surface area contributed by atoms with Gasteiger partial charge in [-0.3, -0.25) is 10.1 Å². The lowest BCUT2D eigenvalue weighted by molar-refractivity contribution is 0.0530. The lowest BCUT2D eigenvalue weighted by Gasteiger charge is -2.06. The Hall–Kier alpha value is -2.74. The van der Waals surface area contributed by atoms with Crippen LogP contribution in [0.2, 0.25) is 0 Å². The fourth-order valence-corrected chi connectivity index (χ4v) is 4.24. The van der Waals surface area contributed by atoms with Crippen molar-refractivity contribution in [3.8, 4) is 12.3 Å². The normalized spacial score (nSPS) is 11.1. The smallest absolute Gasteiger partial charge is 0.350 e. The molecule has 2 N–H and O–H groups in total. The molecule has 2 rings (SSSR count). The number of ether oxygens (including phenoxy) is 1. The van der Waals surface area contributed by atoms with Crippen molar-refractivity contribution in [1.29, 1.82) is 0 Å². The van der Waals surface area contributed by atoms with E-state index in [-0.39, 0.29) is 34.7 Å². The van der Waals surface area contributed by atoms with E-state index in [1.807, 2.05) is 13.8 Å². The van der Waals surface area contributed by atoms with Crippen LogP contribution in [-0.2, 0) is 14.8 Å². The molecule has 29 heavy (non-hydrogen) atoms. The molecule has 0 unspecified atom stereocenters. The fraction of sp³-hybridized carbons (Fsp3) is 0.316. The third-order valence-corrected chi connectivity index (χ3v) is 6.06. The average molecular weight is 436 g/mol. The molecule has 0 saturated heterocycles. The Bertz CT molecular complexity index is 1030.